The van der Waals surface area contributed by atoms with E-state index in [9.17, 15) is 13.2 Å². The second-order valence-electron chi connectivity index (χ2n) is 5.07. The van der Waals surface area contributed by atoms with Gasteiger partial charge in [0.15, 0.2) is 0 Å². The van der Waals surface area contributed by atoms with Gasteiger partial charge in [-0.05, 0) is 50.3 Å². The van der Waals surface area contributed by atoms with Crippen molar-refractivity contribution in [3.05, 3.63) is 29.8 Å². The molecular weight excluding hydrogens is 255 g/mol. The Morgan fingerprint density at radius 1 is 1.21 bits per heavy atom. The summed E-state index contributed by atoms with van der Waals surface area (Å²) >= 11 is 0. The highest BCUT2D eigenvalue weighted by molar-refractivity contribution is 5.27. The minimum absolute atomic E-state index is 0.163. The predicted octanol–water partition coefficient (Wildman–Crippen LogP) is 3.66. The normalized spacial score (nSPS) is 23.6. The number of hydrogen-bond donors (Lipinski definition) is 1. The van der Waals surface area contributed by atoms with E-state index in [1.54, 1.807) is 12.1 Å². The van der Waals surface area contributed by atoms with Crippen molar-refractivity contribution in [2.75, 3.05) is 0 Å². The molecule has 2 atom stereocenters. The Morgan fingerprint density at radius 3 is 2.42 bits per heavy atom. The van der Waals surface area contributed by atoms with Crippen LogP contribution in [0.1, 0.15) is 31.7 Å². The molecule has 0 spiro atoms. The minimum atomic E-state index is -4.62. The number of hydrogen-bond acceptors (Lipinski definition) is 2. The second kappa shape index (κ2) is 5.82. The summed E-state index contributed by atoms with van der Waals surface area (Å²) in [7, 11) is 0. The number of alkyl halides is 3. The van der Waals surface area contributed by atoms with Crippen LogP contribution in [-0.2, 0) is 6.42 Å². The van der Waals surface area contributed by atoms with Crippen LogP contribution in [0.3, 0.4) is 0 Å². The highest BCUT2D eigenvalue weighted by atomic mass is 19.4. The molecule has 2 rings (SSSR count). The number of nitrogens with one attached hydrogen (secondary N) is 1. The van der Waals surface area contributed by atoms with Crippen molar-refractivity contribution >= 4 is 0 Å². The largest absolute Gasteiger partial charge is 0.573 e. The fraction of sp³-hybridized carbons (Fsp3) is 0.571. The molecule has 1 saturated heterocycles. The zero-order chi connectivity index (χ0) is 13.9. The molecule has 0 aliphatic carbocycles. The minimum Gasteiger partial charge on any atom is -0.406 e. The molecule has 0 saturated carbocycles. The predicted molar refractivity (Wildman–Crippen MR) is 67.1 cm³/mol. The first-order valence-electron chi connectivity index (χ1n) is 6.53. The summed E-state index contributed by atoms with van der Waals surface area (Å²) in [5.74, 6) is -0.163. The van der Waals surface area contributed by atoms with Crippen molar-refractivity contribution in [1.82, 2.24) is 5.32 Å². The average Bonchev–Trinajstić information content (AvgIpc) is 2.72. The summed E-state index contributed by atoms with van der Waals surface area (Å²) in [6.07, 6.45) is -0.356. The third-order valence-corrected chi connectivity index (χ3v) is 3.41. The van der Waals surface area contributed by atoms with Gasteiger partial charge in [-0.3, -0.25) is 0 Å². The van der Waals surface area contributed by atoms with E-state index in [4.69, 9.17) is 0 Å². The van der Waals surface area contributed by atoms with Crippen molar-refractivity contribution in [3.8, 4) is 5.75 Å². The van der Waals surface area contributed by atoms with Crippen molar-refractivity contribution in [2.24, 2.45) is 0 Å². The number of ether oxygens (including phenoxy) is 1. The van der Waals surface area contributed by atoms with E-state index in [0.29, 0.717) is 12.1 Å². The van der Waals surface area contributed by atoms with Gasteiger partial charge in [-0.25, -0.2) is 0 Å². The Labute approximate surface area is 111 Å². The van der Waals surface area contributed by atoms with Gasteiger partial charge < -0.3 is 10.1 Å². The van der Waals surface area contributed by atoms with Gasteiger partial charge in [0, 0.05) is 12.1 Å². The number of rotatable bonds is 4. The summed E-state index contributed by atoms with van der Waals surface area (Å²) in [6, 6.07) is 7.23. The number of aryl methyl sites for hydroxylation is 1. The van der Waals surface area contributed by atoms with Crippen molar-refractivity contribution in [1.29, 1.82) is 0 Å². The van der Waals surface area contributed by atoms with Gasteiger partial charge in [0.25, 0.3) is 0 Å². The number of halogens is 3. The molecule has 1 aromatic rings. The lowest BCUT2D eigenvalue weighted by atomic mass is 10.0. The molecule has 0 bridgehead atoms. The van der Waals surface area contributed by atoms with Crippen molar-refractivity contribution in [3.63, 3.8) is 0 Å². The van der Waals surface area contributed by atoms with Gasteiger partial charge in [-0.15, -0.1) is 13.2 Å². The molecule has 1 aromatic carbocycles. The SMILES string of the molecule is C[C@@H]1CC[C@H](CCc2ccc(OC(F)(F)F)cc2)N1. The van der Waals surface area contributed by atoms with E-state index < -0.39 is 6.36 Å². The Balaban J connectivity index is 1.82. The van der Waals surface area contributed by atoms with Crippen LogP contribution in [0, 0.1) is 0 Å². The maximum atomic E-state index is 12.0. The lowest BCUT2D eigenvalue weighted by molar-refractivity contribution is -0.274. The lowest BCUT2D eigenvalue weighted by Gasteiger charge is -2.12. The van der Waals surface area contributed by atoms with E-state index in [0.717, 1.165) is 18.4 Å². The molecule has 19 heavy (non-hydrogen) atoms. The van der Waals surface area contributed by atoms with Gasteiger partial charge in [-0.2, -0.15) is 0 Å². The molecule has 5 heteroatoms. The summed E-state index contributed by atoms with van der Waals surface area (Å²) in [6.45, 7) is 2.17. The van der Waals surface area contributed by atoms with E-state index in [-0.39, 0.29) is 5.75 Å². The average molecular weight is 273 g/mol. The van der Waals surface area contributed by atoms with Crippen LogP contribution >= 0.6 is 0 Å². The summed E-state index contributed by atoms with van der Waals surface area (Å²) in [5.41, 5.74) is 1.04. The van der Waals surface area contributed by atoms with E-state index in [1.165, 1.54) is 25.0 Å². The second-order valence-corrected chi connectivity index (χ2v) is 5.07. The fourth-order valence-corrected chi connectivity index (χ4v) is 2.45. The molecule has 1 N–H and O–H groups in total. The van der Waals surface area contributed by atoms with Crippen LogP contribution in [0.2, 0.25) is 0 Å². The van der Waals surface area contributed by atoms with E-state index in [2.05, 4.69) is 17.0 Å². The van der Waals surface area contributed by atoms with Gasteiger partial charge in [0.1, 0.15) is 5.75 Å². The third-order valence-electron chi connectivity index (χ3n) is 3.41. The highest BCUT2D eigenvalue weighted by Gasteiger charge is 2.30. The Hall–Kier alpha value is -1.23. The van der Waals surface area contributed by atoms with Gasteiger partial charge in [0.05, 0.1) is 0 Å². The standard InChI is InChI=1S/C14H18F3NO/c1-10-2-6-12(18-10)7-3-11-4-8-13(9-5-11)19-14(15,16)17/h4-5,8-10,12,18H,2-3,6-7H2,1H3/t10-,12-/m1/s1. The molecule has 106 valence electrons. The van der Waals surface area contributed by atoms with Crippen LogP contribution in [0.4, 0.5) is 13.2 Å². The monoisotopic (exact) mass is 273 g/mol. The molecule has 0 amide bonds. The van der Waals surface area contributed by atoms with Crippen LogP contribution in [-0.4, -0.2) is 18.4 Å². The first-order valence-corrected chi connectivity index (χ1v) is 6.53. The fourth-order valence-electron chi connectivity index (χ4n) is 2.45. The van der Waals surface area contributed by atoms with Crippen molar-refractivity contribution < 1.29 is 17.9 Å². The van der Waals surface area contributed by atoms with Crippen LogP contribution < -0.4 is 10.1 Å². The summed E-state index contributed by atoms with van der Waals surface area (Å²) < 4.78 is 39.8. The Kier molecular flexibility index (Phi) is 4.34. The molecule has 1 aliphatic heterocycles. The topological polar surface area (TPSA) is 21.3 Å². The van der Waals surface area contributed by atoms with E-state index >= 15 is 0 Å². The van der Waals surface area contributed by atoms with Gasteiger partial charge in [-0.1, -0.05) is 12.1 Å². The summed E-state index contributed by atoms with van der Waals surface area (Å²) in [5, 5.41) is 3.49. The zero-order valence-electron chi connectivity index (χ0n) is 10.8. The first-order chi connectivity index (χ1) is 8.92. The van der Waals surface area contributed by atoms with Crippen LogP contribution in [0.25, 0.3) is 0 Å². The Morgan fingerprint density at radius 2 is 1.89 bits per heavy atom. The molecule has 1 aliphatic rings. The molecule has 0 radical (unpaired) electrons. The zero-order valence-corrected chi connectivity index (χ0v) is 10.8. The van der Waals surface area contributed by atoms with Crippen LogP contribution in [0.15, 0.2) is 24.3 Å². The third kappa shape index (κ3) is 4.74. The molecule has 2 nitrogen and oxygen atoms in total. The molecule has 0 unspecified atom stereocenters. The van der Waals surface area contributed by atoms with Crippen LogP contribution in [0.5, 0.6) is 5.75 Å². The Bertz CT molecular complexity index is 402. The molecule has 1 heterocycles. The van der Waals surface area contributed by atoms with Gasteiger partial charge >= 0.3 is 6.36 Å². The maximum absolute atomic E-state index is 12.0. The lowest BCUT2D eigenvalue weighted by Crippen LogP contribution is -2.27. The van der Waals surface area contributed by atoms with Crippen molar-refractivity contribution in [2.45, 2.75) is 51.1 Å². The smallest absolute Gasteiger partial charge is 0.406 e. The molecular formula is C14H18F3NO. The first kappa shape index (κ1) is 14.2. The van der Waals surface area contributed by atoms with Gasteiger partial charge in [0.2, 0.25) is 0 Å². The van der Waals surface area contributed by atoms with E-state index in [1.807, 2.05) is 0 Å². The molecule has 0 aromatic heterocycles. The molecule has 1 fully saturated rings. The number of benzene rings is 1. The maximum Gasteiger partial charge on any atom is 0.573 e. The quantitative estimate of drug-likeness (QED) is 0.904. The summed E-state index contributed by atoms with van der Waals surface area (Å²) in [4.78, 5) is 0. The highest BCUT2D eigenvalue weighted by Crippen LogP contribution is 2.23.